The van der Waals surface area contributed by atoms with E-state index in [1.165, 1.54) is 60.1 Å². The van der Waals surface area contributed by atoms with E-state index in [0.717, 1.165) is 57.1 Å². The molecule has 4 nitrogen and oxygen atoms in total. The molecule has 0 bridgehead atoms. The third kappa shape index (κ3) is 5.23. The molecule has 0 aliphatic carbocycles. The van der Waals surface area contributed by atoms with E-state index in [0.29, 0.717) is 0 Å². The van der Waals surface area contributed by atoms with Crippen molar-refractivity contribution in [1.29, 1.82) is 0 Å². The summed E-state index contributed by atoms with van der Waals surface area (Å²) >= 11 is 0. The first kappa shape index (κ1) is 33.3. The molecule has 278 valence electrons. The Morgan fingerprint density at radius 1 is 0.339 bits per heavy atom. The van der Waals surface area contributed by atoms with E-state index in [2.05, 4.69) is 168 Å². The van der Waals surface area contributed by atoms with Crippen LogP contribution in [0.15, 0.2) is 200 Å². The van der Waals surface area contributed by atoms with Gasteiger partial charge in [-0.1, -0.05) is 121 Å². The molecular formula is C55H36N2O2. The molecule has 10 aromatic carbocycles. The van der Waals surface area contributed by atoms with Gasteiger partial charge in [0.15, 0.2) is 23.0 Å². The molecule has 12 rings (SSSR count). The van der Waals surface area contributed by atoms with Gasteiger partial charge in [-0.15, -0.1) is 0 Å². The third-order valence-electron chi connectivity index (χ3n) is 11.9. The SMILES string of the molecule is Cc1ccccc1-c1c2ccc(N3c4ccccc4Oc4ccccc43)cc2c(-c2ccc3ccccc3c2)c2ccc(N3c4ccccc4Oc4ccccc43)cc12. The summed E-state index contributed by atoms with van der Waals surface area (Å²) in [6.07, 6.45) is 0. The smallest absolute Gasteiger partial charge is 0.151 e. The molecule has 0 fully saturated rings. The maximum absolute atomic E-state index is 6.45. The largest absolute Gasteiger partial charge is 0.453 e. The molecule has 59 heavy (non-hydrogen) atoms. The maximum atomic E-state index is 6.45. The van der Waals surface area contributed by atoms with Crippen LogP contribution in [0.3, 0.4) is 0 Å². The van der Waals surface area contributed by atoms with Gasteiger partial charge in [0.1, 0.15) is 0 Å². The number of benzene rings is 10. The van der Waals surface area contributed by atoms with Crippen LogP contribution in [-0.4, -0.2) is 0 Å². The van der Waals surface area contributed by atoms with Crippen LogP contribution in [0.5, 0.6) is 23.0 Å². The molecule has 0 aromatic heterocycles. The van der Waals surface area contributed by atoms with Gasteiger partial charge in [-0.3, -0.25) is 0 Å². The third-order valence-corrected chi connectivity index (χ3v) is 11.9. The van der Waals surface area contributed by atoms with Gasteiger partial charge in [-0.05, 0) is 146 Å². The molecule has 10 aromatic rings. The number of hydrogen-bond acceptors (Lipinski definition) is 4. The fraction of sp³-hybridized carbons (Fsp3) is 0.0182. The Kier molecular flexibility index (Phi) is 7.41. The van der Waals surface area contributed by atoms with Crippen LogP contribution in [0.2, 0.25) is 0 Å². The van der Waals surface area contributed by atoms with E-state index in [4.69, 9.17) is 9.47 Å². The number of para-hydroxylation sites is 8. The molecule has 0 radical (unpaired) electrons. The molecule has 2 aliphatic rings. The molecule has 0 unspecified atom stereocenters. The van der Waals surface area contributed by atoms with Crippen LogP contribution < -0.4 is 19.3 Å². The van der Waals surface area contributed by atoms with E-state index in [1.807, 2.05) is 48.5 Å². The molecular weight excluding hydrogens is 721 g/mol. The summed E-state index contributed by atoms with van der Waals surface area (Å²) in [6, 6.07) is 71.5. The first-order valence-electron chi connectivity index (χ1n) is 20.1. The highest BCUT2D eigenvalue weighted by Gasteiger charge is 2.29. The van der Waals surface area contributed by atoms with Gasteiger partial charge in [0.05, 0.1) is 22.7 Å². The van der Waals surface area contributed by atoms with Gasteiger partial charge >= 0.3 is 0 Å². The summed E-state index contributed by atoms with van der Waals surface area (Å²) in [7, 11) is 0. The topological polar surface area (TPSA) is 24.9 Å². The fourth-order valence-corrected chi connectivity index (χ4v) is 9.25. The zero-order chi connectivity index (χ0) is 39.0. The number of hydrogen-bond donors (Lipinski definition) is 0. The Balaban J connectivity index is 1.20. The van der Waals surface area contributed by atoms with Crippen LogP contribution in [-0.2, 0) is 0 Å². The van der Waals surface area contributed by atoms with Crippen molar-refractivity contribution in [1.82, 2.24) is 0 Å². The van der Waals surface area contributed by atoms with Gasteiger partial charge in [0, 0.05) is 11.4 Å². The van der Waals surface area contributed by atoms with E-state index in [1.54, 1.807) is 0 Å². The van der Waals surface area contributed by atoms with Crippen LogP contribution in [0.25, 0.3) is 54.6 Å². The van der Waals surface area contributed by atoms with Gasteiger partial charge in [0.25, 0.3) is 0 Å². The Morgan fingerprint density at radius 2 is 0.780 bits per heavy atom. The Hall–Kier alpha value is -7.82. The van der Waals surface area contributed by atoms with Gasteiger partial charge in [-0.25, -0.2) is 0 Å². The Morgan fingerprint density at radius 3 is 1.32 bits per heavy atom. The number of ether oxygens (including phenoxy) is 2. The second kappa shape index (κ2) is 13.1. The second-order valence-electron chi connectivity index (χ2n) is 15.3. The lowest BCUT2D eigenvalue weighted by Crippen LogP contribution is -2.16. The lowest BCUT2D eigenvalue weighted by atomic mass is 9.84. The summed E-state index contributed by atoms with van der Waals surface area (Å²) in [5.74, 6) is 3.33. The second-order valence-corrected chi connectivity index (χ2v) is 15.3. The minimum atomic E-state index is 0.832. The van der Waals surface area contributed by atoms with Crippen molar-refractivity contribution < 1.29 is 9.47 Å². The number of fused-ring (bicyclic) bond motifs is 7. The summed E-state index contributed by atoms with van der Waals surface area (Å²) in [4.78, 5) is 4.68. The number of aryl methyl sites for hydroxylation is 1. The minimum absolute atomic E-state index is 0.832. The van der Waals surface area contributed by atoms with Crippen molar-refractivity contribution in [2.24, 2.45) is 0 Å². The summed E-state index contributed by atoms with van der Waals surface area (Å²) in [5, 5.41) is 7.16. The predicted molar refractivity (Wildman–Crippen MR) is 244 cm³/mol. The zero-order valence-corrected chi connectivity index (χ0v) is 32.3. The molecule has 0 saturated carbocycles. The normalized spacial score (nSPS) is 12.7. The number of anilines is 6. The predicted octanol–water partition coefficient (Wildman–Crippen LogP) is 15.9. The standard InChI is InChI=1S/C55H36N2O2/c1-35-14-2-5-17-41(35)55-43-31-29-39(56-46-18-6-10-22-50(46)58-51-23-11-7-19-47(51)56)33-44(43)54(38-27-26-36-15-3-4-16-37(36)32-38)42-30-28-40(34-45(42)55)57-48-20-8-12-24-52(48)59-53-25-13-9-21-49(53)57/h2-34H,1H3. The van der Waals surface area contributed by atoms with Gasteiger partial charge in [-0.2, -0.15) is 0 Å². The molecule has 0 N–H and O–H groups in total. The van der Waals surface area contributed by atoms with Crippen molar-refractivity contribution in [3.63, 3.8) is 0 Å². The van der Waals surface area contributed by atoms with Crippen molar-refractivity contribution in [3.8, 4) is 45.3 Å². The average molecular weight is 757 g/mol. The van der Waals surface area contributed by atoms with E-state index in [9.17, 15) is 0 Å². The van der Waals surface area contributed by atoms with E-state index >= 15 is 0 Å². The number of rotatable bonds is 4. The molecule has 4 heteroatoms. The molecule has 0 saturated heterocycles. The first-order valence-corrected chi connectivity index (χ1v) is 20.1. The van der Waals surface area contributed by atoms with Crippen molar-refractivity contribution in [3.05, 3.63) is 206 Å². The number of nitrogens with zero attached hydrogens (tertiary/aromatic N) is 2. The minimum Gasteiger partial charge on any atom is -0.453 e. The highest BCUT2D eigenvalue weighted by Crippen LogP contribution is 2.54. The van der Waals surface area contributed by atoms with E-state index in [-0.39, 0.29) is 0 Å². The van der Waals surface area contributed by atoms with Crippen molar-refractivity contribution in [2.45, 2.75) is 6.92 Å². The molecule has 0 amide bonds. The Bertz CT molecular complexity index is 3240. The van der Waals surface area contributed by atoms with Crippen LogP contribution in [0.4, 0.5) is 34.1 Å². The van der Waals surface area contributed by atoms with E-state index < -0.39 is 0 Å². The Labute approximate surface area is 342 Å². The molecule has 0 spiro atoms. The quantitative estimate of drug-likeness (QED) is 0.167. The molecule has 2 aliphatic heterocycles. The van der Waals surface area contributed by atoms with Crippen LogP contribution in [0, 0.1) is 6.92 Å². The van der Waals surface area contributed by atoms with Gasteiger partial charge < -0.3 is 19.3 Å². The highest BCUT2D eigenvalue weighted by molar-refractivity contribution is 6.23. The molecule has 2 heterocycles. The monoisotopic (exact) mass is 756 g/mol. The fourth-order valence-electron chi connectivity index (χ4n) is 9.25. The lowest BCUT2D eigenvalue weighted by Gasteiger charge is -2.33. The van der Waals surface area contributed by atoms with Crippen LogP contribution in [0.1, 0.15) is 5.56 Å². The van der Waals surface area contributed by atoms with Crippen molar-refractivity contribution in [2.75, 3.05) is 9.80 Å². The van der Waals surface area contributed by atoms with Gasteiger partial charge in [0.2, 0.25) is 0 Å². The summed E-state index contributed by atoms with van der Waals surface area (Å²) < 4.78 is 12.9. The van der Waals surface area contributed by atoms with Crippen LogP contribution >= 0.6 is 0 Å². The van der Waals surface area contributed by atoms with Crippen molar-refractivity contribution >= 4 is 66.4 Å². The lowest BCUT2D eigenvalue weighted by molar-refractivity contribution is 0.477. The zero-order valence-electron chi connectivity index (χ0n) is 32.3. The molecule has 0 atom stereocenters. The maximum Gasteiger partial charge on any atom is 0.151 e. The first-order chi connectivity index (χ1) is 29.2. The summed E-state index contributed by atoms with van der Waals surface area (Å²) in [5.41, 5.74) is 12.2. The summed E-state index contributed by atoms with van der Waals surface area (Å²) in [6.45, 7) is 2.22. The average Bonchev–Trinajstić information content (AvgIpc) is 3.29. The highest BCUT2D eigenvalue weighted by atomic mass is 16.5.